The van der Waals surface area contributed by atoms with E-state index in [0.717, 1.165) is 6.08 Å². The molecule has 0 heterocycles. The molecule has 1 N–H and O–H groups in total. The van der Waals surface area contributed by atoms with E-state index in [-0.39, 0.29) is 12.5 Å². The molecule has 70 valence electrons. The normalized spacial score (nSPS) is 15.0. The van der Waals surface area contributed by atoms with Gasteiger partial charge in [0.1, 0.15) is 0 Å². The Kier molecular flexibility index (Phi) is 4.66. The number of allylic oxidation sites excluding steroid dienone is 1. The summed E-state index contributed by atoms with van der Waals surface area (Å²) in [5.41, 5.74) is 0. The highest BCUT2D eigenvalue weighted by Gasteiger charge is 2.21. The molecule has 1 atom stereocenters. The van der Waals surface area contributed by atoms with Gasteiger partial charge in [-0.15, -0.1) is 6.58 Å². The van der Waals surface area contributed by atoms with Gasteiger partial charge in [-0.1, -0.05) is 12.2 Å². The molecule has 0 aliphatic heterocycles. The van der Waals surface area contributed by atoms with E-state index in [4.69, 9.17) is 5.11 Å². The number of alkyl halides is 3. The zero-order chi connectivity index (χ0) is 9.61. The quantitative estimate of drug-likeness (QED) is 0.659. The Morgan fingerprint density at radius 1 is 1.33 bits per heavy atom. The van der Waals surface area contributed by atoms with E-state index in [1.807, 2.05) is 0 Å². The molecule has 0 aromatic carbocycles. The molecule has 1 unspecified atom stereocenters. The molecule has 0 fully saturated rings. The fraction of sp³-hybridized carbons (Fsp3) is 0.500. The molecule has 0 aliphatic rings. The van der Waals surface area contributed by atoms with Gasteiger partial charge in [-0.2, -0.15) is 13.2 Å². The van der Waals surface area contributed by atoms with Crippen LogP contribution < -0.4 is 0 Å². The molecule has 0 aliphatic carbocycles. The first-order valence-corrected chi connectivity index (χ1v) is 3.49. The molecule has 0 saturated heterocycles. The largest absolute Gasteiger partial charge is 0.409 e. The fourth-order valence-electron chi connectivity index (χ4n) is 0.647. The van der Waals surface area contributed by atoms with E-state index in [1.54, 1.807) is 0 Å². The lowest BCUT2D eigenvalue weighted by Gasteiger charge is -2.03. The van der Waals surface area contributed by atoms with Crippen LogP contribution in [0.15, 0.2) is 24.8 Å². The van der Waals surface area contributed by atoms with Gasteiger partial charge in [-0.3, -0.25) is 0 Å². The predicted octanol–water partition coefficient (Wildman–Crippen LogP) is 2.43. The summed E-state index contributed by atoms with van der Waals surface area (Å²) in [5.74, 6) is 0. The maximum atomic E-state index is 11.5. The molecule has 12 heavy (non-hydrogen) atoms. The number of aliphatic hydroxyl groups is 1. The summed E-state index contributed by atoms with van der Waals surface area (Å²) in [5, 5.41) is 8.96. The summed E-state index contributed by atoms with van der Waals surface area (Å²) in [4.78, 5) is 0. The van der Waals surface area contributed by atoms with Crippen LogP contribution in [0.5, 0.6) is 0 Å². The van der Waals surface area contributed by atoms with E-state index >= 15 is 0 Å². The first-order chi connectivity index (χ1) is 5.45. The van der Waals surface area contributed by atoms with Gasteiger partial charge in [0.05, 0.1) is 6.10 Å². The van der Waals surface area contributed by atoms with E-state index in [0.29, 0.717) is 6.42 Å². The molecule has 0 radical (unpaired) electrons. The van der Waals surface area contributed by atoms with Crippen molar-refractivity contribution in [2.75, 3.05) is 0 Å². The summed E-state index contributed by atoms with van der Waals surface area (Å²) in [6.07, 6.45) is -2.23. The fourth-order valence-corrected chi connectivity index (χ4v) is 0.647. The monoisotopic (exact) mass is 180 g/mol. The van der Waals surface area contributed by atoms with Crippen molar-refractivity contribution in [3.05, 3.63) is 24.8 Å². The van der Waals surface area contributed by atoms with Crippen molar-refractivity contribution < 1.29 is 18.3 Å². The van der Waals surface area contributed by atoms with Gasteiger partial charge < -0.3 is 5.11 Å². The van der Waals surface area contributed by atoms with Gasteiger partial charge >= 0.3 is 6.18 Å². The lowest BCUT2D eigenvalue weighted by molar-refractivity contribution is -0.0801. The highest BCUT2D eigenvalue weighted by molar-refractivity contribution is 4.91. The number of halogens is 3. The highest BCUT2D eigenvalue weighted by atomic mass is 19.4. The van der Waals surface area contributed by atoms with Crippen molar-refractivity contribution in [1.29, 1.82) is 0 Å². The lowest BCUT2D eigenvalue weighted by Crippen LogP contribution is -2.05. The van der Waals surface area contributed by atoms with Gasteiger partial charge in [-0.05, 0) is 12.8 Å². The Hall–Kier alpha value is -0.770. The molecule has 0 aromatic rings. The van der Waals surface area contributed by atoms with Crippen molar-refractivity contribution in [1.82, 2.24) is 0 Å². The van der Waals surface area contributed by atoms with Crippen LogP contribution in [0.3, 0.4) is 0 Å². The molecule has 0 amide bonds. The predicted molar refractivity (Wildman–Crippen MR) is 40.6 cm³/mol. The SMILES string of the molecule is C=CCC(O)CC=CC(F)(F)F. The summed E-state index contributed by atoms with van der Waals surface area (Å²) in [6.45, 7) is 3.35. The first-order valence-electron chi connectivity index (χ1n) is 3.49. The van der Waals surface area contributed by atoms with Crippen molar-refractivity contribution >= 4 is 0 Å². The number of hydrogen-bond donors (Lipinski definition) is 1. The molecule has 0 spiro atoms. The second kappa shape index (κ2) is 4.98. The molecule has 0 rings (SSSR count). The van der Waals surface area contributed by atoms with Crippen LogP contribution in [-0.2, 0) is 0 Å². The molecule has 0 saturated carbocycles. The van der Waals surface area contributed by atoms with E-state index < -0.39 is 12.3 Å². The summed E-state index contributed by atoms with van der Waals surface area (Å²) < 4.78 is 34.5. The third-order valence-electron chi connectivity index (χ3n) is 1.15. The molecule has 1 nitrogen and oxygen atoms in total. The Bertz CT molecular complexity index is 160. The van der Waals surface area contributed by atoms with Crippen molar-refractivity contribution in [3.63, 3.8) is 0 Å². The molecule has 4 heteroatoms. The summed E-state index contributed by atoms with van der Waals surface area (Å²) in [7, 11) is 0. The maximum absolute atomic E-state index is 11.5. The average molecular weight is 180 g/mol. The number of rotatable bonds is 4. The van der Waals surface area contributed by atoms with E-state index in [9.17, 15) is 13.2 Å². The second-order valence-electron chi connectivity index (χ2n) is 2.36. The Labute approximate surface area is 69.2 Å². The van der Waals surface area contributed by atoms with Crippen molar-refractivity contribution in [2.24, 2.45) is 0 Å². The van der Waals surface area contributed by atoms with Crippen LogP contribution in [0.1, 0.15) is 12.8 Å². The van der Waals surface area contributed by atoms with E-state index in [1.165, 1.54) is 6.08 Å². The molecule has 0 aromatic heterocycles. The Morgan fingerprint density at radius 3 is 2.33 bits per heavy atom. The minimum absolute atomic E-state index is 0.00549. The zero-order valence-electron chi connectivity index (χ0n) is 6.51. The third-order valence-corrected chi connectivity index (χ3v) is 1.15. The molecular weight excluding hydrogens is 169 g/mol. The molecular formula is C8H11F3O. The van der Waals surface area contributed by atoms with Crippen LogP contribution in [0, 0.1) is 0 Å². The summed E-state index contributed by atoms with van der Waals surface area (Å²) in [6, 6.07) is 0. The standard InChI is InChI=1S/C8H11F3O/c1-2-4-7(12)5-3-6-8(9,10)11/h2-3,6-7,12H,1,4-5H2. The van der Waals surface area contributed by atoms with Crippen LogP contribution in [0.2, 0.25) is 0 Å². The van der Waals surface area contributed by atoms with Crippen molar-refractivity contribution in [2.45, 2.75) is 25.1 Å². The third kappa shape index (κ3) is 7.34. The first kappa shape index (κ1) is 11.2. The van der Waals surface area contributed by atoms with Crippen LogP contribution >= 0.6 is 0 Å². The number of hydrogen-bond acceptors (Lipinski definition) is 1. The Balaban J connectivity index is 3.67. The summed E-state index contributed by atoms with van der Waals surface area (Å²) >= 11 is 0. The average Bonchev–Trinajstić information content (AvgIpc) is 1.84. The van der Waals surface area contributed by atoms with Crippen LogP contribution in [0.25, 0.3) is 0 Å². The maximum Gasteiger partial charge on any atom is 0.409 e. The molecule has 0 bridgehead atoms. The Morgan fingerprint density at radius 2 is 1.92 bits per heavy atom. The van der Waals surface area contributed by atoms with Gasteiger partial charge in [0, 0.05) is 6.08 Å². The minimum atomic E-state index is -4.28. The highest BCUT2D eigenvalue weighted by Crippen LogP contribution is 2.16. The van der Waals surface area contributed by atoms with Gasteiger partial charge in [0.15, 0.2) is 0 Å². The zero-order valence-corrected chi connectivity index (χ0v) is 6.51. The van der Waals surface area contributed by atoms with Gasteiger partial charge in [0.25, 0.3) is 0 Å². The van der Waals surface area contributed by atoms with Crippen LogP contribution in [-0.4, -0.2) is 17.4 Å². The smallest absolute Gasteiger partial charge is 0.392 e. The van der Waals surface area contributed by atoms with Gasteiger partial charge in [-0.25, -0.2) is 0 Å². The van der Waals surface area contributed by atoms with E-state index in [2.05, 4.69) is 6.58 Å². The number of aliphatic hydroxyl groups excluding tert-OH is 1. The van der Waals surface area contributed by atoms with Gasteiger partial charge in [0.2, 0.25) is 0 Å². The lowest BCUT2D eigenvalue weighted by atomic mass is 10.2. The topological polar surface area (TPSA) is 20.2 Å². The van der Waals surface area contributed by atoms with Crippen molar-refractivity contribution in [3.8, 4) is 0 Å². The van der Waals surface area contributed by atoms with Crippen LogP contribution in [0.4, 0.5) is 13.2 Å². The second-order valence-corrected chi connectivity index (χ2v) is 2.36. The minimum Gasteiger partial charge on any atom is -0.392 e.